The van der Waals surface area contributed by atoms with Gasteiger partial charge in [0, 0.05) is 31.5 Å². The number of likely N-dealkylation sites (N-methyl/N-ethyl adjacent to an activating group) is 1. The monoisotopic (exact) mass is 466 g/mol. The van der Waals surface area contributed by atoms with Crippen LogP contribution < -0.4 is 14.5 Å². The lowest BCUT2D eigenvalue weighted by Crippen LogP contribution is -2.37. The first kappa shape index (κ1) is 22.9. The summed E-state index contributed by atoms with van der Waals surface area (Å²) in [7, 11) is 3.89. The summed E-state index contributed by atoms with van der Waals surface area (Å²) in [6.45, 7) is 3.52. The number of rotatable bonds is 8. The van der Waals surface area contributed by atoms with Gasteiger partial charge in [0.2, 0.25) is 11.8 Å². The number of amides is 3. The van der Waals surface area contributed by atoms with Crippen LogP contribution in [0.4, 0.5) is 10.8 Å². The fourth-order valence-electron chi connectivity index (χ4n) is 3.68. The highest BCUT2D eigenvalue weighted by atomic mass is 32.1. The number of ether oxygens (including phenoxy) is 1. The predicted octanol–water partition coefficient (Wildman–Crippen LogP) is 3.56. The van der Waals surface area contributed by atoms with E-state index in [9.17, 15) is 14.4 Å². The predicted molar refractivity (Wildman–Crippen MR) is 129 cm³/mol. The highest BCUT2D eigenvalue weighted by molar-refractivity contribution is 7.22. The molecule has 1 aliphatic heterocycles. The van der Waals surface area contributed by atoms with Crippen LogP contribution in [-0.4, -0.2) is 61.4 Å². The van der Waals surface area contributed by atoms with E-state index in [0.29, 0.717) is 41.8 Å². The molecule has 33 heavy (non-hydrogen) atoms. The summed E-state index contributed by atoms with van der Waals surface area (Å²) in [5, 5.41) is 0.572. The van der Waals surface area contributed by atoms with Crippen molar-refractivity contribution in [2.45, 2.75) is 19.8 Å². The van der Waals surface area contributed by atoms with Gasteiger partial charge in [-0.15, -0.1) is 0 Å². The molecule has 0 spiro atoms. The molecule has 8 nitrogen and oxygen atoms in total. The Balaban J connectivity index is 1.71. The van der Waals surface area contributed by atoms with Crippen molar-refractivity contribution in [1.29, 1.82) is 0 Å². The molecule has 0 unspecified atom stereocenters. The molecule has 0 radical (unpaired) electrons. The molecule has 0 saturated carbocycles. The number of carbonyl (C=O) groups excluding carboxylic acids is 3. The van der Waals surface area contributed by atoms with Gasteiger partial charge in [0.25, 0.3) is 5.91 Å². The number of anilines is 2. The molecule has 1 fully saturated rings. The van der Waals surface area contributed by atoms with Crippen molar-refractivity contribution in [2.75, 3.05) is 43.6 Å². The van der Waals surface area contributed by atoms with Crippen LogP contribution >= 0.6 is 11.3 Å². The van der Waals surface area contributed by atoms with Gasteiger partial charge in [0.05, 0.1) is 17.0 Å². The summed E-state index contributed by atoms with van der Waals surface area (Å²) >= 11 is 1.43. The van der Waals surface area contributed by atoms with Crippen LogP contribution in [-0.2, 0) is 9.59 Å². The van der Waals surface area contributed by atoms with Gasteiger partial charge in [-0.1, -0.05) is 23.5 Å². The Hall–Kier alpha value is -3.30. The van der Waals surface area contributed by atoms with Crippen molar-refractivity contribution >= 4 is 50.1 Å². The van der Waals surface area contributed by atoms with Crippen molar-refractivity contribution in [2.24, 2.45) is 0 Å². The van der Waals surface area contributed by atoms with E-state index in [0.717, 1.165) is 15.1 Å². The Bertz CT molecular complexity index is 1190. The van der Waals surface area contributed by atoms with E-state index < -0.39 is 0 Å². The minimum atomic E-state index is -0.247. The third-order valence-corrected chi connectivity index (χ3v) is 6.36. The summed E-state index contributed by atoms with van der Waals surface area (Å²) in [5.41, 5.74) is 1.54. The lowest BCUT2D eigenvalue weighted by atomic mass is 10.1. The highest BCUT2D eigenvalue weighted by Crippen LogP contribution is 2.35. The van der Waals surface area contributed by atoms with E-state index in [-0.39, 0.29) is 30.6 Å². The molecular weight excluding hydrogens is 440 g/mol. The number of thiazole rings is 1. The van der Waals surface area contributed by atoms with Crippen molar-refractivity contribution < 1.29 is 19.1 Å². The van der Waals surface area contributed by atoms with Gasteiger partial charge >= 0.3 is 0 Å². The zero-order valence-electron chi connectivity index (χ0n) is 18.9. The number of nitrogens with zero attached hydrogens (tertiary/aromatic N) is 4. The largest absolute Gasteiger partial charge is 0.492 e. The van der Waals surface area contributed by atoms with Gasteiger partial charge in [0.1, 0.15) is 11.3 Å². The van der Waals surface area contributed by atoms with E-state index in [1.54, 1.807) is 29.2 Å². The third-order valence-electron chi connectivity index (χ3n) is 5.32. The Morgan fingerprint density at radius 3 is 2.52 bits per heavy atom. The molecule has 1 aromatic heterocycles. The summed E-state index contributed by atoms with van der Waals surface area (Å²) in [6, 6.07) is 12.4. The second-order valence-electron chi connectivity index (χ2n) is 7.97. The fraction of sp³-hybridized carbons (Fsp3) is 0.333. The van der Waals surface area contributed by atoms with Gasteiger partial charge in [-0.25, -0.2) is 4.98 Å². The van der Waals surface area contributed by atoms with E-state index in [1.165, 1.54) is 11.3 Å². The molecule has 4 rings (SSSR count). The molecule has 0 aliphatic carbocycles. The molecule has 3 amide bonds. The van der Waals surface area contributed by atoms with Crippen LogP contribution in [0, 0.1) is 0 Å². The molecule has 0 atom stereocenters. The second kappa shape index (κ2) is 9.68. The van der Waals surface area contributed by atoms with Gasteiger partial charge in [-0.3, -0.25) is 24.2 Å². The smallest absolute Gasteiger partial charge is 0.260 e. The number of para-hydroxylation sites is 1. The van der Waals surface area contributed by atoms with E-state index in [4.69, 9.17) is 9.72 Å². The quantitative estimate of drug-likeness (QED) is 0.472. The molecule has 1 aliphatic rings. The minimum absolute atomic E-state index is 0.194. The molecule has 3 aromatic rings. The zero-order chi connectivity index (χ0) is 23.5. The third kappa shape index (κ3) is 4.74. The van der Waals surface area contributed by atoms with Crippen molar-refractivity contribution in [1.82, 2.24) is 9.88 Å². The second-order valence-corrected chi connectivity index (χ2v) is 8.97. The van der Waals surface area contributed by atoms with Crippen LogP contribution in [0.5, 0.6) is 5.75 Å². The average Bonchev–Trinajstić information content (AvgIpc) is 3.37. The number of aromatic nitrogens is 1. The molecule has 1 saturated heterocycles. The molecule has 0 bridgehead atoms. The Morgan fingerprint density at radius 2 is 1.82 bits per heavy atom. The maximum absolute atomic E-state index is 13.6. The van der Waals surface area contributed by atoms with Crippen molar-refractivity contribution in [3.05, 3.63) is 48.0 Å². The van der Waals surface area contributed by atoms with Crippen LogP contribution in [0.1, 0.15) is 30.1 Å². The Labute approximate surface area is 196 Å². The van der Waals surface area contributed by atoms with Crippen LogP contribution in [0.2, 0.25) is 0 Å². The molecule has 0 N–H and O–H groups in total. The molecule has 172 valence electrons. The first-order valence-corrected chi connectivity index (χ1v) is 11.7. The molecule has 9 heteroatoms. The Kier molecular flexibility index (Phi) is 6.71. The summed E-state index contributed by atoms with van der Waals surface area (Å²) in [6.07, 6.45) is 0.389. The van der Waals surface area contributed by atoms with Crippen LogP contribution in [0.25, 0.3) is 10.2 Å². The standard InChI is InChI=1S/C24H26N4O4S/c1-4-32-18-9-6-10-19-22(18)25-24(33-19)27(14-13-26(2)3)23(31)16-7-5-8-17(15-16)28-20(29)11-12-21(28)30/h5-10,15H,4,11-14H2,1-3H3. The normalized spacial score (nSPS) is 13.9. The van der Waals surface area contributed by atoms with E-state index in [1.807, 2.05) is 44.1 Å². The molecular formula is C24H26N4O4S. The zero-order valence-corrected chi connectivity index (χ0v) is 19.7. The van der Waals surface area contributed by atoms with E-state index in [2.05, 4.69) is 0 Å². The van der Waals surface area contributed by atoms with Gasteiger partial charge in [-0.2, -0.15) is 0 Å². The number of imide groups is 1. The maximum Gasteiger partial charge on any atom is 0.260 e. The topological polar surface area (TPSA) is 83.0 Å². The number of carbonyl (C=O) groups is 3. The number of fused-ring (bicyclic) bond motifs is 1. The number of benzene rings is 2. The summed E-state index contributed by atoms with van der Waals surface area (Å²) < 4.78 is 6.64. The first-order valence-electron chi connectivity index (χ1n) is 10.8. The molecule has 2 aromatic carbocycles. The van der Waals surface area contributed by atoms with Gasteiger partial charge in [-0.05, 0) is 51.4 Å². The average molecular weight is 467 g/mol. The van der Waals surface area contributed by atoms with Gasteiger partial charge < -0.3 is 9.64 Å². The fourth-order valence-corrected chi connectivity index (χ4v) is 4.69. The lowest BCUT2D eigenvalue weighted by molar-refractivity contribution is -0.121. The highest BCUT2D eigenvalue weighted by Gasteiger charge is 2.31. The molecule has 2 heterocycles. The number of hydrogen-bond acceptors (Lipinski definition) is 7. The van der Waals surface area contributed by atoms with Gasteiger partial charge in [0.15, 0.2) is 5.13 Å². The number of hydrogen-bond donors (Lipinski definition) is 0. The lowest BCUT2D eigenvalue weighted by Gasteiger charge is -2.23. The Morgan fingerprint density at radius 1 is 1.09 bits per heavy atom. The summed E-state index contributed by atoms with van der Waals surface area (Å²) in [4.78, 5) is 47.5. The SMILES string of the molecule is CCOc1cccc2sc(N(CCN(C)C)C(=O)c3cccc(N4C(=O)CCC4=O)c3)nc12. The van der Waals surface area contributed by atoms with E-state index >= 15 is 0 Å². The van der Waals surface area contributed by atoms with Crippen LogP contribution in [0.15, 0.2) is 42.5 Å². The van der Waals surface area contributed by atoms with Crippen molar-refractivity contribution in [3.8, 4) is 5.75 Å². The first-order chi connectivity index (χ1) is 15.9. The minimum Gasteiger partial charge on any atom is -0.492 e. The van der Waals surface area contributed by atoms with Crippen molar-refractivity contribution in [3.63, 3.8) is 0 Å². The van der Waals surface area contributed by atoms with Crippen LogP contribution in [0.3, 0.4) is 0 Å². The maximum atomic E-state index is 13.6. The summed E-state index contributed by atoms with van der Waals surface area (Å²) in [5.74, 6) is -0.0484.